The van der Waals surface area contributed by atoms with Crippen LogP contribution >= 0.6 is 0 Å². The van der Waals surface area contributed by atoms with Gasteiger partial charge < -0.3 is 0 Å². The molecule has 0 saturated heterocycles. The molecular formula is C7H4F2NO. The number of pyridine rings is 1. The van der Waals surface area contributed by atoms with Crippen LogP contribution in [0.2, 0.25) is 0 Å². The fourth-order valence-electron chi connectivity index (χ4n) is 0.595. The second-order valence-corrected chi connectivity index (χ2v) is 1.87. The molecule has 0 aromatic carbocycles. The Morgan fingerprint density at radius 2 is 2.18 bits per heavy atom. The fourth-order valence-corrected chi connectivity index (χ4v) is 0.595. The van der Waals surface area contributed by atoms with Crippen molar-refractivity contribution in [2.75, 3.05) is 0 Å². The van der Waals surface area contributed by atoms with Crippen LogP contribution in [0.25, 0.3) is 0 Å². The standard InChI is InChI=1S/C7H4F2NO/c8-7(9)6-2-1-5(4-11)3-10-6/h1-3,7H. The van der Waals surface area contributed by atoms with Gasteiger partial charge in [-0.15, -0.1) is 0 Å². The predicted octanol–water partition coefficient (Wildman–Crippen LogP) is 1.48. The van der Waals surface area contributed by atoms with E-state index in [1.807, 2.05) is 0 Å². The quantitative estimate of drug-likeness (QED) is 0.649. The van der Waals surface area contributed by atoms with E-state index in [1.165, 1.54) is 12.4 Å². The molecule has 0 unspecified atom stereocenters. The number of alkyl halides is 2. The van der Waals surface area contributed by atoms with Crippen LogP contribution < -0.4 is 0 Å². The SMILES string of the molecule is O=[C]c1ccc(C(F)F)nc1. The number of hydrogen-bond donors (Lipinski definition) is 0. The topological polar surface area (TPSA) is 30.0 Å². The second kappa shape index (κ2) is 3.18. The van der Waals surface area contributed by atoms with Gasteiger partial charge in [0.15, 0.2) is 0 Å². The Hall–Kier alpha value is -1.32. The maximum atomic E-state index is 11.8. The summed E-state index contributed by atoms with van der Waals surface area (Å²) < 4.78 is 23.7. The Bertz CT molecular complexity index is 245. The molecule has 1 rings (SSSR count). The number of rotatable bonds is 2. The maximum absolute atomic E-state index is 11.8. The van der Waals surface area contributed by atoms with Crippen molar-refractivity contribution in [1.29, 1.82) is 0 Å². The van der Waals surface area contributed by atoms with Crippen molar-refractivity contribution in [2.45, 2.75) is 6.43 Å². The molecule has 1 radical (unpaired) electrons. The third-order valence-electron chi connectivity index (χ3n) is 1.13. The lowest BCUT2D eigenvalue weighted by atomic mass is 10.3. The summed E-state index contributed by atoms with van der Waals surface area (Å²) in [5, 5.41) is 0. The van der Waals surface area contributed by atoms with Gasteiger partial charge in [0, 0.05) is 11.8 Å². The molecule has 0 amide bonds. The summed E-state index contributed by atoms with van der Waals surface area (Å²) in [5.41, 5.74) is -0.154. The molecule has 0 aliphatic heterocycles. The highest BCUT2D eigenvalue weighted by molar-refractivity contribution is 5.74. The van der Waals surface area contributed by atoms with E-state index in [0.29, 0.717) is 0 Å². The molecular weight excluding hydrogens is 152 g/mol. The van der Waals surface area contributed by atoms with Gasteiger partial charge in [-0.3, -0.25) is 9.78 Å². The van der Waals surface area contributed by atoms with Crippen molar-refractivity contribution in [1.82, 2.24) is 4.98 Å². The highest BCUT2D eigenvalue weighted by Gasteiger charge is 2.06. The van der Waals surface area contributed by atoms with Gasteiger partial charge in [-0.25, -0.2) is 8.78 Å². The van der Waals surface area contributed by atoms with Gasteiger partial charge in [0.1, 0.15) is 5.69 Å². The number of halogens is 2. The van der Waals surface area contributed by atoms with Crippen LogP contribution in [0.15, 0.2) is 18.3 Å². The number of nitrogens with zero attached hydrogens (tertiary/aromatic N) is 1. The Kier molecular flexibility index (Phi) is 2.25. The van der Waals surface area contributed by atoms with E-state index in [0.717, 1.165) is 12.3 Å². The molecule has 0 aliphatic carbocycles. The molecule has 0 bridgehead atoms. The first-order chi connectivity index (χ1) is 5.24. The van der Waals surface area contributed by atoms with Gasteiger partial charge in [-0.1, -0.05) is 0 Å². The third kappa shape index (κ3) is 1.80. The summed E-state index contributed by atoms with van der Waals surface area (Å²) in [4.78, 5) is 13.3. The molecule has 0 saturated carbocycles. The number of carbonyl (C=O) groups excluding carboxylic acids is 1. The minimum Gasteiger partial charge on any atom is -0.285 e. The lowest BCUT2D eigenvalue weighted by Gasteiger charge is -1.95. The molecule has 57 valence electrons. The van der Waals surface area contributed by atoms with Crippen LogP contribution in [0.1, 0.15) is 17.7 Å². The van der Waals surface area contributed by atoms with E-state index in [2.05, 4.69) is 4.98 Å². The zero-order valence-electron chi connectivity index (χ0n) is 5.42. The zero-order chi connectivity index (χ0) is 8.27. The Labute approximate surface area is 61.9 Å². The van der Waals surface area contributed by atoms with E-state index in [1.54, 1.807) is 0 Å². The van der Waals surface area contributed by atoms with Crippen molar-refractivity contribution >= 4 is 6.29 Å². The Morgan fingerprint density at radius 3 is 2.55 bits per heavy atom. The van der Waals surface area contributed by atoms with Crippen molar-refractivity contribution in [3.05, 3.63) is 29.6 Å². The molecule has 1 heterocycles. The monoisotopic (exact) mass is 156 g/mol. The first-order valence-corrected chi connectivity index (χ1v) is 2.86. The largest absolute Gasteiger partial charge is 0.285 e. The summed E-state index contributed by atoms with van der Waals surface area (Å²) in [5.74, 6) is 0. The number of aromatic nitrogens is 1. The lowest BCUT2D eigenvalue weighted by molar-refractivity contribution is 0.146. The minimum atomic E-state index is -2.59. The summed E-state index contributed by atoms with van der Waals surface area (Å²) in [6.07, 6.45) is 0.0124. The Balaban J connectivity index is 2.91. The summed E-state index contributed by atoms with van der Waals surface area (Å²) in [6, 6.07) is 2.35. The molecule has 1 aromatic heterocycles. The van der Waals surface area contributed by atoms with Gasteiger partial charge in [0.05, 0.1) is 0 Å². The highest BCUT2D eigenvalue weighted by Crippen LogP contribution is 2.14. The van der Waals surface area contributed by atoms with E-state index < -0.39 is 6.43 Å². The van der Waals surface area contributed by atoms with E-state index in [4.69, 9.17) is 0 Å². The lowest BCUT2D eigenvalue weighted by Crippen LogP contribution is -1.90. The van der Waals surface area contributed by atoms with Crippen LogP contribution in [0.5, 0.6) is 0 Å². The molecule has 0 N–H and O–H groups in total. The molecule has 2 nitrogen and oxygen atoms in total. The van der Waals surface area contributed by atoms with Crippen molar-refractivity contribution in [3.8, 4) is 0 Å². The average Bonchev–Trinajstić information content (AvgIpc) is 2.05. The van der Waals surface area contributed by atoms with Crippen LogP contribution in [-0.2, 0) is 4.79 Å². The van der Waals surface area contributed by atoms with Crippen molar-refractivity contribution < 1.29 is 13.6 Å². The molecule has 0 spiro atoms. The second-order valence-electron chi connectivity index (χ2n) is 1.87. The average molecular weight is 156 g/mol. The third-order valence-corrected chi connectivity index (χ3v) is 1.13. The van der Waals surface area contributed by atoms with Gasteiger partial charge in [0.2, 0.25) is 6.29 Å². The maximum Gasteiger partial charge on any atom is 0.280 e. The van der Waals surface area contributed by atoms with Crippen LogP contribution in [0.3, 0.4) is 0 Å². The smallest absolute Gasteiger partial charge is 0.280 e. The number of hydrogen-bond acceptors (Lipinski definition) is 2. The van der Waals surface area contributed by atoms with E-state index >= 15 is 0 Å². The normalized spacial score (nSPS) is 10.1. The van der Waals surface area contributed by atoms with Crippen LogP contribution in [-0.4, -0.2) is 11.3 Å². The molecule has 4 heteroatoms. The Morgan fingerprint density at radius 1 is 1.45 bits per heavy atom. The zero-order valence-corrected chi connectivity index (χ0v) is 5.42. The van der Waals surface area contributed by atoms with Gasteiger partial charge >= 0.3 is 0 Å². The molecule has 0 fully saturated rings. The van der Waals surface area contributed by atoms with Crippen molar-refractivity contribution in [2.24, 2.45) is 0 Å². The van der Waals surface area contributed by atoms with Crippen molar-refractivity contribution in [3.63, 3.8) is 0 Å². The first kappa shape index (κ1) is 7.78. The predicted molar refractivity (Wildman–Crippen MR) is 34.0 cm³/mol. The molecule has 0 aliphatic rings. The summed E-state index contributed by atoms with van der Waals surface area (Å²) in [6.45, 7) is 0. The first-order valence-electron chi connectivity index (χ1n) is 2.86. The summed E-state index contributed by atoms with van der Waals surface area (Å²) in [7, 11) is 0. The van der Waals surface area contributed by atoms with Crippen LogP contribution in [0, 0.1) is 0 Å². The van der Waals surface area contributed by atoms with Crippen LogP contribution in [0.4, 0.5) is 8.78 Å². The highest BCUT2D eigenvalue weighted by atomic mass is 19.3. The van der Waals surface area contributed by atoms with E-state index in [9.17, 15) is 13.6 Å². The molecule has 0 atom stereocenters. The fraction of sp³-hybridized carbons (Fsp3) is 0.143. The van der Waals surface area contributed by atoms with Gasteiger partial charge in [0.25, 0.3) is 6.43 Å². The van der Waals surface area contributed by atoms with Gasteiger partial charge in [-0.2, -0.15) is 0 Å². The van der Waals surface area contributed by atoms with Gasteiger partial charge in [-0.05, 0) is 12.1 Å². The minimum absolute atomic E-state index is 0.175. The molecule has 11 heavy (non-hydrogen) atoms. The summed E-state index contributed by atoms with van der Waals surface area (Å²) >= 11 is 0. The molecule has 1 aromatic rings. The van der Waals surface area contributed by atoms with E-state index in [-0.39, 0.29) is 11.3 Å².